The molecule has 0 aliphatic heterocycles. The van der Waals surface area contributed by atoms with Crippen LogP contribution in [0.4, 0.5) is 0 Å². The number of nitrogens with one attached hydrogen (secondary N) is 1. The summed E-state index contributed by atoms with van der Waals surface area (Å²) in [6, 6.07) is 18.9. The van der Waals surface area contributed by atoms with E-state index in [2.05, 4.69) is 37.2 Å². The van der Waals surface area contributed by atoms with E-state index in [1.54, 1.807) is 11.8 Å². The van der Waals surface area contributed by atoms with E-state index < -0.39 is 6.04 Å². The van der Waals surface area contributed by atoms with Gasteiger partial charge in [-0.25, -0.2) is 0 Å². The molecule has 2 unspecified atom stereocenters. The van der Waals surface area contributed by atoms with Gasteiger partial charge in [0.1, 0.15) is 11.8 Å². The summed E-state index contributed by atoms with van der Waals surface area (Å²) in [5, 5.41) is 5.06. The molecular weight excluding hydrogens is 548 g/mol. The van der Waals surface area contributed by atoms with Crippen molar-refractivity contribution in [3.8, 4) is 5.75 Å². The molecule has 0 aliphatic carbocycles. The highest BCUT2D eigenvalue weighted by molar-refractivity contribution is 9.11. The minimum absolute atomic E-state index is 0.0348. The molecule has 0 saturated heterocycles. The Labute approximate surface area is 211 Å². The van der Waals surface area contributed by atoms with Crippen LogP contribution < -0.4 is 10.1 Å². The summed E-state index contributed by atoms with van der Waals surface area (Å²) >= 11 is 7.07. The number of hydrogen-bond donors (Lipinski definition) is 1. The minimum atomic E-state index is -0.644. The molecule has 0 bridgehead atoms. The normalized spacial score (nSPS) is 12.8. The SMILES string of the molecule is CCC(C)NC(=O)C(C)N(Cc1cccc(Br)c1)C(=O)COc1ccc2ccccc2c1Br. The van der Waals surface area contributed by atoms with E-state index in [1.165, 1.54) is 0 Å². The zero-order valence-corrected chi connectivity index (χ0v) is 22.1. The van der Waals surface area contributed by atoms with Crippen LogP contribution in [0.15, 0.2) is 69.6 Å². The van der Waals surface area contributed by atoms with Gasteiger partial charge in [0, 0.05) is 17.1 Å². The van der Waals surface area contributed by atoms with Gasteiger partial charge in [0.25, 0.3) is 5.91 Å². The van der Waals surface area contributed by atoms with E-state index in [-0.39, 0.29) is 24.5 Å². The molecule has 174 valence electrons. The summed E-state index contributed by atoms with van der Waals surface area (Å²) in [5.74, 6) is 0.141. The van der Waals surface area contributed by atoms with Crippen LogP contribution in [0.25, 0.3) is 10.8 Å². The molecule has 3 aromatic rings. The predicted octanol–water partition coefficient (Wildman–Crippen LogP) is 6.08. The molecule has 0 aliphatic rings. The van der Waals surface area contributed by atoms with Crippen molar-refractivity contribution in [2.24, 2.45) is 0 Å². The van der Waals surface area contributed by atoms with Gasteiger partial charge in [0.2, 0.25) is 5.91 Å². The first-order chi connectivity index (χ1) is 15.8. The number of hydrogen-bond acceptors (Lipinski definition) is 3. The highest BCUT2D eigenvalue weighted by Crippen LogP contribution is 2.33. The molecule has 3 aromatic carbocycles. The molecule has 0 spiro atoms. The number of carbonyl (C=O) groups is 2. The lowest BCUT2D eigenvalue weighted by atomic mass is 10.1. The Balaban J connectivity index is 1.79. The third-order valence-corrected chi connectivity index (χ3v) is 6.90. The molecule has 0 radical (unpaired) electrons. The summed E-state index contributed by atoms with van der Waals surface area (Å²) < 4.78 is 7.62. The molecular formula is C26H28Br2N2O3. The lowest BCUT2D eigenvalue weighted by molar-refractivity contribution is -0.142. The van der Waals surface area contributed by atoms with Gasteiger partial charge >= 0.3 is 0 Å². The van der Waals surface area contributed by atoms with Crippen molar-refractivity contribution in [3.05, 3.63) is 75.2 Å². The Kier molecular flexibility index (Phi) is 8.92. The summed E-state index contributed by atoms with van der Waals surface area (Å²) in [5.41, 5.74) is 0.924. The van der Waals surface area contributed by atoms with Crippen molar-refractivity contribution in [1.82, 2.24) is 10.2 Å². The quantitative estimate of drug-likeness (QED) is 0.336. The van der Waals surface area contributed by atoms with Crippen LogP contribution in [-0.4, -0.2) is 35.4 Å². The highest BCUT2D eigenvalue weighted by atomic mass is 79.9. The van der Waals surface area contributed by atoms with Crippen molar-refractivity contribution < 1.29 is 14.3 Å². The van der Waals surface area contributed by atoms with Gasteiger partial charge in [-0.3, -0.25) is 9.59 Å². The van der Waals surface area contributed by atoms with Crippen molar-refractivity contribution in [2.45, 2.75) is 45.8 Å². The first-order valence-electron chi connectivity index (χ1n) is 10.9. The lowest BCUT2D eigenvalue weighted by Crippen LogP contribution is -2.50. The second-order valence-electron chi connectivity index (χ2n) is 8.03. The third kappa shape index (κ3) is 6.58. The van der Waals surface area contributed by atoms with Crippen molar-refractivity contribution in [3.63, 3.8) is 0 Å². The molecule has 1 N–H and O–H groups in total. The average molecular weight is 576 g/mol. The molecule has 2 amide bonds. The lowest BCUT2D eigenvalue weighted by Gasteiger charge is -2.29. The molecule has 7 heteroatoms. The zero-order chi connectivity index (χ0) is 24.0. The van der Waals surface area contributed by atoms with E-state index in [1.807, 2.05) is 74.5 Å². The van der Waals surface area contributed by atoms with Crippen molar-refractivity contribution >= 4 is 54.4 Å². The van der Waals surface area contributed by atoms with Gasteiger partial charge in [-0.15, -0.1) is 0 Å². The molecule has 0 aromatic heterocycles. The van der Waals surface area contributed by atoms with E-state index in [0.29, 0.717) is 12.3 Å². The largest absolute Gasteiger partial charge is 0.483 e. The summed E-state index contributed by atoms with van der Waals surface area (Å²) in [7, 11) is 0. The first kappa shape index (κ1) is 25.2. The third-order valence-electron chi connectivity index (χ3n) is 5.59. The zero-order valence-electron chi connectivity index (χ0n) is 19.0. The van der Waals surface area contributed by atoms with Crippen LogP contribution in [0.5, 0.6) is 5.75 Å². The van der Waals surface area contributed by atoms with E-state index >= 15 is 0 Å². The monoisotopic (exact) mass is 574 g/mol. The fraction of sp³-hybridized carbons (Fsp3) is 0.308. The maximum Gasteiger partial charge on any atom is 0.261 e. The summed E-state index contributed by atoms with van der Waals surface area (Å²) in [4.78, 5) is 27.7. The topological polar surface area (TPSA) is 58.6 Å². The van der Waals surface area contributed by atoms with Crippen LogP contribution in [0.3, 0.4) is 0 Å². The van der Waals surface area contributed by atoms with Crippen molar-refractivity contribution in [2.75, 3.05) is 6.61 Å². The van der Waals surface area contributed by atoms with Crippen LogP contribution >= 0.6 is 31.9 Å². The number of carbonyl (C=O) groups excluding carboxylic acids is 2. The number of fused-ring (bicyclic) bond motifs is 1. The number of ether oxygens (including phenoxy) is 1. The number of halogens is 2. The number of nitrogens with zero attached hydrogens (tertiary/aromatic N) is 1. The van der Waals surface area contributed by atoms with Crippen LogP contribution in [-0.2, 0) is 16.1 Å². The van der Waals surface area contributed by atoms with Gasteiger partial charge in [0.05, 0.1) is 4.47 Å². The Morgan fingerprint density at radius 3 is 2.52 bits per heavy atom. The molecule has 0 heterocycles. The predicted molar refractivity (Wildman–Crippen MR) is 139 cm³/mol. The number of amides is 2. The van der Waals surface area contributed by atoms with Gasteiger partial charge in [-0.1, -0.05) is 65.3 Å². The summed E-state index contributed by atoms with van der Waals surface area (Å²) in [6.45, 7) is 5.84. The first-order valence-corrected chi connectivity index (χ1v) is 12.5. The Bertz CT molecular complexity index is 1140. The fourth-order valence-electron chi connectivity index (χ4n) is 3.43. The summed E-state index contributed by atoms with van der Waals surface area (Å²) in [6.07, 6.45) is 0.817. The maximum atomic E-state index is 13.3. The van der Waals surface area contributed by atoms with Gasteiger partial charge in [0.15, 0.2) is 6.61 Å². The van der Waals surface area contributed by atoms with Crippen molar-refractivity contribution in [1.29, 1.82) is 0 Å². The second kappa shape index (κ2) is 11.7. The number of rotatable bonds is 9. The van der Waals surface area contributed by atoms with Crippen LogP contribution in [0.2, 0.25) is 0 Å². The Hall–Kier alpha value is -2.38. The smallest absolute Gasteiger partial charge is 0.261 e. The van der Waals surface area contributed by atoms with Crippen LogP contribution in [0, 0.1) is 0 Å². The minimum Gasteiger partial charge on any atom is -0.483 e. The van der Waals surface area contributed by atoms with Gasteiger partial charge in [-0.05, 0) is 70.7 Å². The highest BCUT2D eigenvalue weighted by Gasteiger charge is 2.27. The molecule has 3 rings (SSSR count). The van der Waals surface area contributed by atoms with E-state index in [9.17, 15) is 9.59 Å². The Morgan fingerprint density at radius 1 is 1.03 bits per heavy atom. The standard InChI is InChI=1S/C26H28Br2N2O3/c1-4-17(2)29-26(32)18(3)30(15-19-8-7-10-21(27)14-19)24(31)16-33-23-13-12-20-9-5-6-11-22(20)25(23)28/h5-14,17-18H,4,15-16H2,1-3H3,(H,29,32). The molecule has 33 heavy (non-hydrogen) atoms. The maximum absolute atomic E-state index is 13.3. The van der Waals surface area contributed by atoms with E-state index in [4.69, 9.17) is 4.74 Å². The molecule has 0 fully saturated rings. The molecule has 0 saturated carbocycles. The second-order valence-corrected chi connectivity index (χ2v) is 9.74. The molecule has 5 nitrogen and oxygen atoms in total. The van der Waals surface area contributed by atoms with E-state index in [0.717, 1.165) is 31.7 Å². The fourth-order valence-corrected chi connectivity index (χ4v) is 4.48. The molecule has 2 atom stereocenters. The van der Waals surface area contributed by atoms with Gasteiger partial charge in [-0.2, -0.15) is 0 Å². The number of benzene rings is 3. The average Bonchev–Trinajstić information content (AvgIpc) is 2.81. The Morgan fingerprint density at radius 2 is 1.79 bits per heavy atom. The van der Waals surface area contributed by atoms with Crippen LogP contribution in [0.1, 0.15) is 32.8 Å². The van der Waals surface area contributed by atoms with Gasteiger partial charge < -0.3 is 15.0 Å².